The highest BCUT2D eigenvalue weighted by Gasteiger charge is 2.43. The van der Waals surface area contributed by atoms with Gasteiger partial charge >= 0.3 is 5.97 Å². The summed E-state index contributed by atoms with van der Waals surface area (Å²) in [6, 6.07) is 0. The van der Waals surface area contributed by atoms with Crippen LogP contribution >= 0.6 is 0 Å². The van der Waals surface area contributed by atoms with Crippen molar-refractivity contribution in [2.45, 2.75) is 57.9 Å². The Hall–Kier alpha value is -1.06. The molecule has 2 aliphatic rings. The first-order valence-corrected chi connectivity index (χ1v) is 6.98. The van der Waals surface area contributed by atoms with Gasteiger partial charge in [0, 0.05) is 12.1 Å². The number of carboxylic acid groups (broad SMARTS) is 1. The molecule has 0 aromatic carbocycles. The summed E-state index contributed by atoms with van der Waals surface area (Å²) < 4.78 is 0. The van der Waals surface area contributed by atoms with Crippen molar-refractivity contribution < 1.29 is 14.7 Å². The lowest BCUT2D eigenvalue weighted by Gasteiger charge is -2.37. The maximum absolute atomic E-state index is 12.6. The number of hydrogen-bond donors (Lipinski definition) is 1. The summed E-state index contributed by atoms with van der Waals surface area (Å²) in [6.45, 7) is 4.95. The number of hydrogen-bond acceptors (Lipinski definition) is 2. The van der Waals surface area contributed by atoms with Crippen molar-refractivity contribution in [2.24, 2.45) is 11.8 Å². The van der Waals surface area contributed by atoms with Crippen molar-refractivity contribution in [2.75, 3.05) is 6.54 Å². The molecule has 4 heteroatoms. The standard InChI is InChI=1S/C14H23NO3/c1-14(2)8-5-9-15(14)12(16)10-6-3-4-7-11(10)13(17)18/h10-11H,3-9H2,1-2H3,(H,17,18). The third kappa shape index (κ3) is 2.38. The van der Waals surface area contributed by atoms with Gasteiger partial charge in [0.15, 0.2) is 0 Å². The summed E-state index contributed by atoms with van der Waals surface area (Å²) >= 11 is 0. The molecular formula is C14H23NO3. The summed E-state index contributed by atoms with van der Waals surface area (Å²) in [5, 5.41) is 9.26. The Morgan fingerprint density at radius 1 is 1.11 bits per heavy atom. The third-order valence-corrected chi connectivity index (χ3v) is 4.57. The van der Waals surface area contributed by atoms with Crippen LogP contribution in [0.5, 0.6) is 0 Å². The minimum Gasteiger partial charge on any atom is -0.481 e. The summed E-state index contributed by atoms with van der Waals surface area (Å²) in [7, 11) is 0. The van der Waals surface area contributed by atoms with Crippen molar-refractivity contribution in [3.8, 4) is 0 Å². The molecule has 0 aromatic heterocycles. The Bertz CT molecular complexity index is 351. The van der Waals surface area contributed by atoms with Gasteiger partial charge in [0.25, 0.3) is 0 Å². The number of carbonyl (C=O) groups excluding carboxylic acids is 1. The molecule has 0 spiro atoms. The largest absolute Gasteiger partial charge is 0.481 e. The van der Waals surface area contributed by atoms with Crippen LogP contribution in [-0.4, -0.2) is 34.0 Å². The highest BCUT2D eigenvalue weighted by Crippen LogP contribution is 2.36. The Morgan fingerprint density at radius 2 is 1.72 bits per heavy atom. The molecule has 1 aliphatic carbocycles. The molecule has 1 heterocycles. The maximum atomic E-state index is 12.6. The van der Waals surface area contributed by atoms with Gasteiger partial charge in [-0.2, -0.15) is 0 Å². The number of likely N-dealkylation sites (tertiary alicyclic amines) is 1. The van der Waals surface area contributed by atoms with Gasteiger partial charge in [-0.1, -0.05) is 12.8 Å². The molecule has 18 heavy (non-hydrogen) atoms. The van der Waals surface area contributed by atoms with Crippen LogP contribution in [0.4, 0.5) is 0 Å². The Kier molecular flexibility index (Phi) is 3.64. The van der Waals surface area contributed by atoms with E-state index in [0.717, 1.165) is 38.6 Å². The maximum Gasteiger partial charge on any atom is 0.307 e. The molecule has 1 amide bonds. The van der Waals surface area contributed by atoms with Gasteiger partial charge in [-0.15, -0.1) is 0 Å². The molecule has 0 radical (unpaired) electrons. The van der Waals surface area contributed by atoms with Crippen molar-refractivity contribution in [3.63, 3.8) is 0 Å². The molecular weight excluding hydrogens is 230 g/mol. The molecule has 102 valence electrons. The van der Waals surface area contributed by atoms with Crippen molar-refractivity contribution in [1.29, 1.82) is 0 Å². The minimum atomic E-state index is -0.801. The fourth-order valence-electron chi connectivity index (χ4n) is 3.44. The summed E-state index contributed by atoms with van der Waals surface area (Å²) in [4.78, 5) is 25.8. The second-order valence-corrected chi connectivity index (χ2v) is 6.24. The molecule has 2 atom stereocenters. The normalized spacial score (nSPS) is 31.3. The van der Waals surface area contributed by atoms with Crippen LogP contribution in [0.3, 0.4) is 0 Å². The first-order valence-electron chi connectivity index (χ1n) is 6.98. The van der Waals surface area contributed by atoms with Crippen molar-refractivity contribution >= 4 is 11.9 Å². The second-order valence-electron chi connectivity index (χ2n) is 6.24. The van der Waals surface area contributed by atoms with Crippen LogP contribution in [0.25, 0.3) is 0 Å². The van der Waals surface area contributed by atoms with E-state index in [2.05, 4.69) is 13.8 Å². The highest BCUT2D eigenvalue weighted by molar-refractivity contribution is 5.85. The third-order valence-electron chi connectivity index (χ3n) is 4.57. The zero-order valence-corrected chi connectivity index (χ0v) is 11.3. The van der Waals surface area contributed by atoms with Crippen LogP contribution in [-0.2, 0) is 9.59 Å². The fraction of sp³-hybridized carbons (Fsp3) is 0.857. The van der Waals surface area contributed by atoms with E-state index in [4.69, 9.17) is 0 Å². The average molecular weight is 253 g/mol. The van der Waals surface area contributed by atoms with Crippen LogP contribution in [0.2, 0.25) is 0 Å². The SMILES string of the molecule is CC1(C)CCCN1C(=O)C1CCCCC1C(=O)O. The van der Waals surface area contributed by atoms with E-state index < -0.39 is 11.9 Å². The molecule has 2 fully saturated rings. The molecule has 2 rings (SSSR count). The van der Waals surface area contributed by atoms with E-state index in [1.165, 1.54) is 0 Å². The summed E-state index contributed by atoms with van der Waals surface area (Å²) in [5.41, 5.74) is -0.0996. The topological polar surface area (TPSA) is 57.6 Å². The van der Waals surface area contributed by atoms with Gasteiger partial charge in [-0.25, -0.2) is 0 Å². The number of carbonyl (C=O) groups is 2. The Balaban J connectivity index is 2.13. The summed E-state index contributed by atoms with van der Waals surface area (Å²) in [5.74, 6) is -1.49. The lowest BCUT2D eigenvalue weighted by molar-refractivity contribution is -0.153. The molecule has 1 saturated heterocycles. The molecule has 4 nitrogen and oxygen atoms in total. The van der Waals surface area contributed by atoms with Crippen molar-refractivity contribution in [3.05, 3.63) is 0 Å². The zero-order chi connectivity index (χ0) is 13.3. The Labute approximate surface area is 108 Å². The van der Waals surface area contributed by atoms with Gasteiger partial charge < -0.3 is 10.0 Å². The molecule has 1 aliphatic heterocycles. The molecule has 1 N–H and O–H groups in total. The van der Waals surface area contributed by atoms with E-state index in [0.29, 0.717) is 6.42 Å². The monoisotopic (exact) mass is 253 g/mol. The van der Waals surface area contributed by atoms with Crippen LogP contribution in [0, 0.1) is 11.8 Å². The highest BCUT2D eigenvalue weighted by atomic mass is 16.4. The number of carboxylic acids is 1. The molecule has 1 saturated carbocycles. The minimum absolute atomic E-state index is 0.0737. The van der Waals surface area contributed by atoms with E-state index in [1.807, 2.05) is 4.90 Å². The first kappa shape index (κ1) is 13.4. The zero-order valence-electron chi connectivity index (χ0n) is 11.3. The predicted octanol–water partition coefficient (Wildman–Crippen LogP) is 2.28. The lowest BCUT2D eigenvalue weighted by Crippen LogP contribution is -2.48. The quantitative estimate of drug-likeness (QED) is 0.821. The van der Waals surface area contributed by atoms with E-state index in [1.54, 1.807) is 0 Å². The molecule has 2 unspecified atom stereocenters. The molecule has 0 bridgehead atoms. The summed E-state index contributed by atoms with van der Waals surface area (Å²) in [6.07, 6.45) is 5.35. The number of nitrogens with zero attached hydrogens (tertiary/aromatic N) is 1. The van der Waals surface area contributed by atoms with Crippen LogP contribution in [0.1, 0.15) is 52.4 Å². The van der Waals surface area contributed by atoms with Gasteiger partial charge in [0.1, 0.15) is 0 Å². The Morgan fingerprint density at radius 3 is 2.22 bits per heavy atom. The predicted molar refractivity (Wildman–Crippen MR) is 68.1 cm³/mol. The smallest absolute Gasteiger partial charge is 0.307 e. The van der Waals surface area contributed by atoms with Gasteiger partial charge in [-0.3, -0.25) is 9.59 Å². The average Bonchev–Trinajstić information content (AvgIpc) is 2.68. The second kappa shape index (κ2) is 4.90. The van der Waals surface area contributed by atoms with E-state index >= 15 is 0 Å². The van der Waals surface area contributed by atoms with Crippen LogP contribution < -0.4 is 0 Å². The van der Waals surface area contributed by atoms with Crippen molar-refractivity contribution in [1.82, 2.24) is 4.90 Å². The van der Waals surface area contributed by atoms with E-state index in [9.17, 15) is 14.7 Å². The van der Waals surface area contributed by atoms with E-state index in [-0.39, 0.29) is 17.4 Å². The number of aliphatic carboxylic acids is 1. The molecule has 0 aromatic rings. The number of amides is 1. The number of rotatable bonds is 2. The van der Waals surface area contributed by atoms with Gasteiger partial charge in [0.2, 0.25) is 5.91 Å². The van der Waals surface area contributed by atoms with Gasteiger partial charge in [0.05, 0.1) is 11.8 Å². The van der Waals surface area contributed by atoms with Crippen LogP contribution in [0.15, 0.2) is 0 Å². The lowest BCUT2D eigenvalue weighted by atomic mass is 9.78. The fourth-order valence-corrected chi connectivity index (χ4v) is 3.44. The first-order chi connectivity index (χ1) is 8.43. The van der Waals surface area contributed by atoms with Gasteiger partial charge in [-0.05, 0) is 39.5 Å².